The highest BCUT2D eigenvalue weighted by molar-refractivity contribution is 5.93. The Morgan fingerprint density at radius 1 is 1.30 bits per heavy atom. The second-order valence-electron chi connectivity index (χ2n) is 5.04. The minimum Gasteiger partial charge on any atom is -0.397 e. The number of H-pyrrole nitrogens is 1. The highest BCUT2D eigenvalue weighted by Gasteiger charge is 2.09. The summed E-state index contributed by atoms with van der Waals surface area (Å²) >= 11 is 0. The number of amides is 1. The van der Waals surface area contributed by atoms with Crippen molar-refractivity contribution in [1.29, 1.82) is 0 Å². The second-order valence-corrected chi connectivity index (χ2v) is 5.04. The number of hydrogen-bond acceptors (Lipinski definition) is 3. The third-order valence-corrected chi connectivity index (χ3v) is 2.99. The fourth-order valence-electron chi connectivity index (χ4n) is 2.04. The number of carbonyl (C=O) groups excluding carboxylic acids is 1. The molecular formula is C15H20N4O. The monoisotopic (exact) mass is 272 g/mol. The molecule has 2 rings (SSSR count). The molecule has 0 bridgehead atoms. The molecule has 0 aliphatic heterocycles. The first kappa shape index (κ1) is 14.1. The summed E-state index contributed by atoms with van der Waals surface area (Å²) in [5, 5.41) is 2.90. The lowest BCUT2D eigenvalue weighted by Crippen LogP contribution is -2.24. The molecule has 4 N–H and O–H groups in total. The molecule has 1 heterocycles. The molecule has 5 heteroatoms. The Labute approximate surface area is 118 Å². The minimum atomic E-state index is -0.152. The van der Waals surface area contributed by atoms with E-state index in [0.29, 0.717) is 17.9 Å². The number of hydrogen-bond donors (Lipinski definition) is 3. The van der Waals surface area contributed by atoms with Gasteiger partial charge < -0.3 is 20.9 Å². The molecule has 5 nitrogen and oxygen atoms in total. The van der Waals surface area contributed by atoms with Crippen molar-refractivity contribution >= 4 is 11.6 Å². The Morgan fingerprint density at radius 2 is 2.00 bits per heavy atom. The summed E-state index contributed by atoms with van der Waals surface area (Å²) in [5.74, 6) is -0.152. The molecular weight excluding hydrogens is 252 g/mol. The largest absolute Gasteiger partial charge is 0.397 e. The van der Waals surface area contributed by atoms with E-state index >= 15 is 0 Å². The highest BCUT2D eigenvalue weighted by atomic mass is 16.1. The third kappa shape index (κ3) is 3.61. The number of nitrogens with zero attached hydrogens (tertiary/aromatic N) is 1. The van der Waals surface area contributed by atoms with Gasteiger partial charge in [0.05, 0.1) is 0 Å². The Hall–Kier alpha value is -2.27. The van der Waals surface area contributed by atoms with Crippen LogP contribution in [-0.4, -0.2) is 29.9 Å². The smallest absolute Gasteiger partial charge is 0.268 e. The first-order chi connectivity index (χ1) is 9.56. The van der Waals surface area contributed by atoms with Crippen molar-refractivity contribution < 1.29 is 4.79 Å². The lowest BCUT2D eigenvalue weighted by Gasteiger charge is -2.14. The average Bonchev–Trinajstić information content (AvgIpc) is 2.83. The molecule has 0 atom stereocenters. The van der Waals surface area contributed by atoms with Gasteiger partial charge in [0.25, 0.3) is 5.91 Å². The maximum absolute atomic E-state index is 12.0. The van der Waals surface area contributed by atoms with Crippen LogP contribution in [0, 0.1) is 0 Å². The van der Waals surface area contributed by atoms with Crippen LogP contribution in [0.15, 0.2) is 36.5 Å². The van der Waals surface area contributed by atoms with E-state index < -0.39 is 0 Å². The van der Waals surface area contributed by atoms with Crippen molar-refractivity contribution in [3.8, 4) is 0 Å². The van der Waals surface area contributed by atoms with Crippen molar-refractivity contribution in [2.24, 2.45) is 0 Å². The highest BCUT2D eigenvalue weighted by Crippen LogP contribution is 2.11. The van der Waals surface area contributed by atoms with Crippen molar-refractivity contribution in [3.05, 3.63) is 53.3 Å². The zero-order chi connectivity index (χ0) is 14.5. The van der Waals surface area contributed by atoms with Crippen molar-refractivity contribution in [2.75, 3.05) is 19.8 Å². The van der Waals surface area contributed by atoms with Crippen LogP contribution in [0.3, 0.4) is 0 Å². The molecule has 0 unspecified atom stereocenters. The van der Waals surface area contributed by atoms with Crippen LogP contribution in [0.5, 0.6) is 0 Å². The predicted molar refractivity (Wildman–Crippen MR) is 80.2 cm³/mol. The van der Waals surface area contributed by atoms with Crippen LogP contribution >= 0.6 is 0 Å². The Morgan fingerprint density at radius 3 is 2.60 bits per heavy atom. The number of nitrogens with two attached hydrogens (primary N) is 1. The molecule has 1 aromatic carbocycles. The maximum Gasteiger partial charge on any atom is 0.268 e. The first-order valence-corrected chi connectivity index (χ1v) is 6.50. The zero-order valence-corrected chi connectivity index (χ0v) is 11.8. The lowest BCUT2D eigenvalue weighted by molar-refractivity contribution is 0.0946. The SMILES string of the molecule is CN(C)Cc1ccccc1CNC(=O)c1cc(N)c[nH]1. The normalized spacial score (nSPS) is 10.8. The Balaban J connectivity index is 2.02. The molecule has 0 aliphatic rings. The number of aromatic amines is 1. The minimum absolute atomic E-state index is 0.152. The Bertz CT molecular complexity index is 589. The fourth-order valence-corrected chi connectivity index (χ4v) is 2.04. The number of rotatable bonds is 5. The van der Waals surface area contributed by atoms with Gasteiger partial charge in [-0.15, -0.1) is 0 Å². The summed E-state index contributed by atoms with van der Waals surface area (Å²) in [6.45, 7) is 1.35. The van der Waals surface area contributed by atoms with Crippen LogP contribution < -0.4 is 11.1 Å². The van der Waals surface area contributed by atoms with Gasteiger partial charge in [-0.1, -0.05) is 24.3 Å². The summed E-state index contributed by atoms with van der Waals surface area (Å²) in [7, 11) is 4.05. The van der Waals surface area contributed by atoms with E-state index in [1.54, 1.807) is 12.3 Å². The fraction of sp³-hybridized carbons (Fsp3) is 0.267. The summed E-state index contributed by atoms with van der Waals surface area (Å²) < 4.78 is 0. The topological polar surface area (TPSA) is 74.2 Å². The molecule has 0 aliphatic carbocycles. The van der Waals surface area contributed by atoms with E-state index in [-0.39, 0.29) is 5.91 Å². The van der Waals surface area contributed by atoms with Crippen LogP contribution in [0.25, 0.3) is 0 Å². The van der Waals surface area contributed by atoms with Crippen LogP contribution in [-0.2, 0) is 13.1 Å². The van der Waals surface area contributed by atoms with Gasteiger partial charge in [0, 0.05) is 25.0 Å². The molecule has 0 saturated heterocycles. The van der Waals surface area contributed by atoms with Crippen molar-refractivity contribution in [3.63, 3.8) is 0 Å². The van der Waals surface area contributed by atoms with Gasteiger partial charge in [0.1, 0.15) is 5.69 Å². The number of anilines is 1. The van der Waals surface area contributed by atoms with Gasteiger partial charge in [-0.05, 0) is 31.3 Å². The van der Waals surface area contributed by atoms with Crippen molar-refractivity contribution in [1.82, 2.24) is 15.2 Å². The Kier molecular flexibility index (Phi) is 4.42. The molecule has 0 spiro atoms. The zero-order valence-electron chi connectivity index (χ0n) is 11.8. The van der Waals surface area contributed by atoms with Gasteiger partial charge >= 0.3 is 0 Å². The van der Waals surface area contributed by atoms with E-state index in [2.05, 4.69) is 21.3 Å². The molecule has 0 fully saturated rings. The van der Waals surface area contributed by atoms with E-state index in [0.717, 1.165) is 12.1 Å². The van der Waals surface area contributed by atoms with Crippen LogP contribution in [0.1, 0.15) is 21.6 Å². The molecule has 0 saturated carbocycles. The number of nitrogens with one attached hydrogen (secondary N) is 2. The van der Waals surface area contributed by atoms with Crippen LogP contribution in [0.4, 0.5) is 5.69 Å². The van der Waals surface area contributed by atoms with Crippen LogP contribution in [0.2, 0.25) is 0 Å². The summed E-state index contributed by atoms with van der Waals surface area (Å²) in [6.07, 6.45) is 1.61. The van der Waals surface area contributed by atoms with Gasteiger partial charge in [0.2, 0.25) is 0 Å². The maximum atomic E-state index is 12.0. The number of nitrogen functional groups attached to an aromatic ring is 1. The molecule has 20 heavy (non-hydrogen) atoms. The van der Waals surface area contributed by atoms with Gasteiger partial charge in [-0.25, -0.2) is 0 Å². The van der Waals surface area contributed by atoms with Gasteiger partial charge in [0.15, 0.2) is 0 Å². The lowest BCUT2D eigenvalue weighted by atomic mass is 10.1. The average molecular weight is 272 g/mol. The third-order valence-electron chi connectivity index (χ3n) is 2.99. The van der Waals surface area contributed by atoms with E-state index in [1.165, 1.54) is 5.56 Å². The van der Waals surface area contributed by atoms with Gasteiger partial charge in [-0.3, -0.25) is 4.79 Å². The summed E-state index contributed by atoms with van der Waals surface area (Å²) in [6, 6.07) is 9.72. The molecule has 2 aromatic rings. The van der Waals surface area contributed by atoms with E-state index in [9.17, 15) is 4.79 Å². The number of carbonyl (C=O) groups is 1. The standard InChI is InChI=1S/C15H20N4O/c1-19(2)10-12-6-4-3-5-11(12)8-18-15(20)14-7-13(16)9-17-14/h3-7,9,17H,8,10,16H2,1-2H3,(H,18,20). The summed E-state index contributed by atoms with van der Waals surface area (Å²) in [5.41, 5.74) is 8.95. The number of aromatic nitrogens is 1. The molecule has 106 valence electrons. The first-order valence-electron chi connectivity index (χ1n) is 6.50. The number of benzene rings is 1. The molecule has 0 radical (unpaired) electrons. The second kappa shape index (κ2) is 6.25. The van der Waals surface area contributed by atoms with Gasteiger partial charge in [-0.2, -0.15) is 0 Å². The van der Waals surface area contributed by atoms with E-state index in [4.69, 9.17) is 5.73 Å². The van der Waals surface area contributed by atoms with Crippen molar-refractivity contribution in [2.45, 2.75) is 13.1 Å². The quantitative estimate of drug-likeness (QED) is 0.774. The molecule has 1 amide bonds. The molecule has 1 aromatic heterocycles. The van der Waals surface area contributed by atoms with E-state index in [1.807, 2.05) is 32.3 Å². The predicted octanol–water partition coefficient (Wildman–Crippen LogP) is 1.59. The summed E-state index contributed by atoms with van der Waals surface area (Å²) in [4.78, 5) is 16.9.